The molecule has 0 N–H and O–H groups in total. The van der Waals surface area contributed by atoms with Crippen LogP contribution in [0.3, 0.4) is 0 Å². The third-order valence-electron chi connectivity index (χ3n) is 2.83. The highest BCUT2D eigenvalue weighted by Gasteiger charge is 2.27. The van der Waals surface area contributed by atoms with Crippen LogP contribution in [-0.2, 0) is 4.79 Å². The predicted octanol–water partition coefficient (Wildman–Crippen LogP) is 4.08. The van der Waals surface area contributed by atoms with E-state index in [2.05, 4.69) is 0 Å². The number of hydrogen-bond acceptors (Lipinski definition) is 1. The van der Waals surface area contributed by atoms with E-state index in [-0.39, 0.29) is 11.7 Å². The maximum atomic E-state index is 14.2. The first-order chi connectivity index (χ1) is 6.97. The van der Waals surface area contributed by atoms with E-state index in [1.807, 2.05) is 20.8 Å². The van der Waals surface area contributed by atoms with E-state index in [1.165, 1.54) is 0 Å². The van der Waals surface area contributed by atoms with E-state index in [4.69, 9.17) is 0 Å². The molecule has 0 saturated carbocycles. The summed E-state index contributed by atoms with van der Waals surface area (Å²) in [5, 5.41) is 0. The standard InChI is InChI=1S/C13H23FO/c1-5-8-13(14,7-3)10-12(6-2)9-11(4)15/h5,8,12H,6-7,9-10H2,1-4H3/b8-5+. The molecule has 0 heterocycles. The van der Waals surface area contributed by atoms with Crippen LogP contribution in [0.4, 0.5) is 4.39 Å². The van der Waals surface area contributed by atoms with Gasteiger partial charge in [0.1, 0.15) is 11.5 Å². The summed E-state index contributed by atoms with van der Waals surface area (Å²) in [4.78, 5) is 11.0. The summed E-state index contributed by atoms with van der Waals surface area (Å²) in [6, 6.07) is 0. The van der Waals surface area contributed by atoms with Gasteiger partial charge in [0.25, 0.3) is 0 Å². The Labute approximate surface area is 92.8 Å². The minimum absolute atomic E-state index is 0.154. The number of rotatable bonds is 7. The summed E-state index contributed by atoms with van der Waals surface area (Å²) < 4.78 is 14.2. The molecular weight excluding hydrogens is 191 g/mol. The summed E-state index contributed by atoms with van der Waals surface area (Å²) >= 11 is 0. The van der Waals surface area contributed by atoms with E-state index >= 15 is 0 Å². The van der Waals surface area contributed by atoms with Crippen molar-refractivity contribution in [1.29, 1.82) is 0 Å². The first kappa shape index (κ1) is 14.3. The zero-order valence-corrected chi connectivity index (χ0v) is 10.3. The van der Waals surface area contributed by atoms with Crippen molar-refractivity contribution < 1.29 is 9.18 Å². The normalized spacial score (nSPS) is 17.7. The number of alkyl halides is 1. The number of Topliss-reactive ketones (excluding diaryl/α,β-unsaturated/α-hetero) is 1. The highest BCUT2D eigenvalue weighted by Crippen LogP contribution is 2.30. The molecule has 0 aromatic rings. The van der Waals surface area contributed by atoms with Crippen molar-refractivity contribution in [1.82, 2.24) is 0 Å². The molecule has 0 fully saturated rings. The molecule has 0 aliphatic heterocycles. The van der Waals surface area contributed by atoms with E-state index in [1.54, 1.807) is 19.1 Å². The van der Waals surface area contributed by atoms with E-state index < -0.39 is 5.67 Å². The van der Waals surface area contributed by atoms with Crippen molar-refractivity contribution in [2.24, 2.45) is 5.92 Å². The molecular formula is C13H23FO. The minimum atomic E-state index is -1.23. The molecule has 0 saturated heterocycles. The van der Waals surface area contributed by atoms with Crippen molar-refractivity contribution in [2.75, 3.05) is 0 Å². The minimum Gasteiger partial charge on any atom is -0.300 e. The summed E-state index contributed by atoms with van der Waals surface area (Å²) in [7, 11) is 0. The molecule has 88 valence electrons. The highest BCUT2D eigenvalue weighted by molar-refractivity contribution is 5.75. The Hall–Kier alpha value is -0.660. The lowest BCUT2D eigenvalue weighted by Crippen LogP contribution is -2.24. The van der Waals surface area contributed by atoms with Gasteiger partial charge in [0.2, 0.25) is 0 Å². The van der Waals surface area contributed by atoms with Crippen LogP contribution in [0.2, 0.25) is 0 Å². The summed E-state index contributed by atoms with van der Waals surface area (Å²) in [5.41, 5.74) is -1.23. The van der Waals surface area contributed by atoms with Crippen LogP contribution >= 0.6 is 0 Å². The molecule has 0 radical (unpaired) electrons. The van der Waals surface area contributed by atoms with Gasteiger partial charge in [0.05, 0.1) is 0 Å². The largest absolute Gasteiger partial charge is 0.300 e. The number of halogens is 1. The Kier molecular flexibility index (Phi) is 6.46. The fraction of sp³-hybridized carbons (Fsp3) is 0.769. The third-order valence-corrected chi connectivity index (χ3v) is 2.83. The molecule has 2 atom stereocenters. The number of hydrogen-bond donors (Lipinski definition) is 0. The molecule has 0 aromatic carbocycles. The number of ketones is 1. The van der Waals surface area contributed by atoms with Gasteiger partial charge in [0, 0.05) is 6.42 Å². The lowest BCUT2D eigenvalue weighted by atomic mass is 9.85. The third kappa shape index (κ3) is 5.71. The van der Waals surface area contributed by atoms with Crippen LogP contribution < -0.4 is 0 Å². The first-order valence-corrected chi connectivity index (χ1v) is 5.79. The summed E-state index contributed by atoms with van der Waals surface area (Å²) in [6.07, 6.45) is 5.68. The van der Waals surface area contributed by atoms with Crippen molar-refractivity contribution >= 4 is 5.78 Å². The molecule has 0 aromatic heterocycles. The van der Waals surface area contributed by atoms with Gasteiger partial charge < -0.3 is 4.79 Å². The Balaban J connectivity index is 4.42. The van der Waals surface area contributed by atoms with Crippen LogP contribution in [-0.4, -0.2) is 11.5 Å². The van der Waals surface area contributed by atoms with Crippen LogP contribution in [0.5, 0.6) is 0 Å². The molecule has 15 heavy (non-hydrogen) atoms. The van der Waals surface area contributed by atoms with E-state index in [0.717, 1.165) is 6.42 Å². The monoisotopic (exact) mass is 214 g/mol. The van der Waals surface area contributed by atoms with E-state index in [0.29, 0.717) is 19.3 Å². The highest BCUT2D eigenvalue weighted by atomic mass is 19.1. The van der Waals surface area contributed by atoms with Gasteiger partial charge in [0.15, 0.2) is 0 Å². The smallest absolute Gasteiger partial charge is 0.130 e. The number of allylic oxidation sites excluding steroid dienone is 2. The van der Waals surface area contributed by atoms with Gasteiger partial charge in [-0.2, -0.15) is 0 Å². The molecule has 1 nitrogen and oxygen atoms in total. The van der Waals surface area contributed by atoms with Gasteiger partial charge in [-0.25, -0.2) is 4.39 Å². The Bertz CT molecular complexity index is 223. The van der Waals surface area contributed by atoms with Crippen LogP contribution in [0.25, 0.3) is 0 Å². The zero-order chi connectivity index (χ0) is 11.9. The Morgan fingerprint density at radius 3 is 2.40 bits per heavy atom. The second-order valence-corrected chi connectivity index (χ2v) is 4.27. The quantitative estimate of drug-likeness (QED) is 0.584. The van der Waals surface area contributed by atoms with Gasteiger partial charge in [-0.15, -0.1) is 0 Å². The number of carbonyl (C=O) groups is 1. The molecule has 0 bridgehead atoms. The maximum absolute atomic E-state index is 14.2. The van der Waals surface area contributed by atoms with E-state index in [9.17, 15) is 9.18 Å². The lowest BCUT2D eigenvalue weighted by Gasteiger charge is -2.25. The van der Waals surface area contributed by atoms with Crippen molar-refractivity contribution in [3.63, 3.8) is 0 Å². The SMILES string of the molecule is C/C=C/C(F)(CC)CC(CC)CC(C)=O. The van der Waals surface area contributed by atoms with Crippen molar-refractivity contribution in [2.45, 2.75) is 59.0 Å². The average Bonchev–Trinajstić information content (AvgIpc) is 2.16. The zero-order valence-electron chi connectivity index (χ0n) is 10.3. The van der Waals surface area contributed by atoms with Crippen molar-refractivity contribution in [3.05, 3.63) is 12.2 Å². The fourth-order valence-electron chi connectivity index (χ4n) is 1.88. The fourth-order valence-corrected chi connectivity index (χ4v) is 1.88. The molecule has 2 unspecified atom stereocenters. The lowest BCUT2D eigenvalue weighted by molar-refractivity contribution is -0.118. The topological polar surface area (TPSA) is 17.1 Å². The van der Waals surface area contributed by atoms with Gasteiger partial charge >= 0.3 is 0 Å². The molecule has 0 aliphatic rings. The summed E-state index contributed by atoms with van der Waals surface area (Å²) in [6.45, 7) is 7.26. The molecule has 2 heteroatoms. The summed E-state index contributed by atoms with van der Waals surface area (Å²) in [5.74, 6) is 0.324. The average molecular weight is 214 g/mol. The molecule has 0 spiro atoms. The van der Waals surface area contributed by atoms with Crippen LogP contribution in [0.1, 0.15) is 53.4 Å². The molecule has 0 rings (SSSR count). The Morgan fingerprint density at radius 2 is 2.07 bits per heavy atom. The predicted molar refractivity (Wildman–Crippen MR) is 62.6 cm³/mol. The molecule has 0 aliphatic carbocycles. The second kappa shape index (κ2) is 6.76. The number of carbonyl (C=O) groups excluding carboxylic acids is 1. The van der Waals surface area contributed by atoms with Gasteiger partial charge in [-0.3, -0.25) is 0 Å². The molecule has 0 amide bonds. The van der Waals surface area contributed by atoms with Gasteiger partial charge in [-0.05, 0) is 32.6 Å². The first-order valence-electron chi connectivity index (χ1n) is 5.79. The van der Waals surface area contributed by atoms with Crippen LogP contribution in [0, 0.1) is 5.92 Å². The second-order valence-electron chi connectivity index (χ2n) is 4.27. The van der Waals surface area contributed by atoms with Crippen LogP contribution in [0.15, 0.2) is 12.2 Å². The van der Waals surface area contributed by atoms with Gasteiger partial charge in [-0.1, -0.05) is 32.4 Å². The Morgan fingerprint density at radius 1 is 1.47 bits per heavy atom. The maximum Gasteiger partial charge on any atom is 0.130 e. The van der Waals surface area contributed by atoms with Crippen molar-refractivity contribution in [3.8, 4) is 0 Å².